The summed E-state index contributed by atoms with van der Waals surface area (Å²) in [5.74, 6) is 0.196. The van der Waals surface area contributed by atoms with E-state index in [9.17, 15) is 4.79 Å². The third kappa shape index (κ3) is 4.67. The molecule has 1 aliphatic heterocycles. The van der Waals surface area contributed by atoms with Crippen molar-refractivity contribution in [3.63, 3.8) is 0 Å². The van der Waals surface area contributed by atoms with Crippen LogP contribution >= 0.6 is 11.6 Å². The zero-order valence-corrected chi connectivity index (χ0v) is 17.6. The number of methoxy groups -OCH3 is 1. The molecule has 0 saturated carbocycles. The second kappa shape index (κ2) is 9.34. The highest BCUT2D eigenvalue weighted by molar-refractivity contribution is 6.33. The maximum absolute atomic E-state index is 13.0. The molecule has 0 radical (unpaired) electrons. The average Bonchev–Trinajstić information content (AvgIpc) is 3.29. The van der Waals surface area contributed by atoms with Crippen LogP contribution in [0.3, 0.4) is 0 Å². The first-order valence-electron chi connectivity index (χ1n) is 9.85. The van der Waals surface area contributed by atoms with E-state index in [0.29, 0.717) is 16.3 Å². The van der Waals surface area contributed by atoms with Crippen LogP contribution in [0, 0.1) is 0 Å². The molecule has 0 unspecified atom stereocenters. The molecule has 4 rings (SSSR count). The van der Waals surface area contributed by atoms with Crippen molar-refractivity contribution < 1.29 is 14.3 Å². The number of carbonyl (C=O) groups is 1. The first-order valence-corrected chi connectivity index (χ1v) is 10.2. The predicted molar refractivity (Wildman–Crippen MR) is 118 cm³/mol. The van der Waals surface area contributed by atoms with Crippen molar-refractivity contribution in [2.45, 2.75) is 6.54 Å². The summed E-state index contributed by atoms with van der Waals surface area (Å²) in [6.45, 7) is 4.18. The van der Waals surface area contributed by atoms with E-state index in [2.05, 4.69) is 16.3 Å². The lowest BCUT2D eigenvalue weighted by molar-refractivity contribution is 0.0342. The molecule has 1 saturated heterocycles. The third-order valence-electron chi connectivity index (χ3n) is 5.09. The molecule has 1 fully saturated rings. The van der Waals surface area contributed by atoms with Crippen molar-refractivity contribution in [2.75, 3.05) is 38.7 Å². The zero-order chi connectivity index (χ0) is 20.9. The summed E-state index contributed by atoms with van der Waals surface area (Å²) in [5.41, 5.74) is 3.01. The number of ether oxygens (including phenoxy) is 2. The fourth-order valence-electron chi connectivity index (χ4n) is 3.55. The van der Waals surface area contributed by atoms with Gasteiger partial charge in [-0.05, 0) is 35.9 Å². The summed E-state index contributed by atoms with van der Waals surface area (Å²) in [6, 6.07) is 15.1. The Kier molecular flexibility index (Phi) is 6.38. The number of hydrogen-bond donors (Lipinski definition) is 1. The summed E-state index contributed by atoms with van der Waals surface area (Å²) in [4.78, 5) is 15.3. The standard InChI is InChI=1S/C23H24ClN3O3/c1-29-22-15-21(27-7-2-3-8-27)20(24)14-19(22)23(28)25-18-6-4-5-17(13-18)16-26-9-11-30-12-10-26/h2-8,13-15H,9-12,16H2,1H3,(H,25,28). The van der Waals surface area contributed by atoms with Gasteiger partial charge in [0.25, 0.3) is 5.91 Å². The van der Waals surface area contributed by atoms with Gasteiger partial charge in [-0.15, -0.1) is 0 Å². The van der Waals surface area contributed by atoms with Gasteiger partial charge in [0.05, 0.1) is 36.6 Å². The minimum atomic E-state index is -0.267. The fraction of sp³-hybridized carbons (Fsp3) is 0.261. The highest BCUT2D eigenvalue weighted by Gasteiger charge is 2.17. The van der Waals surface area contributed by atoms with Crippen molar-refractivity contribution in [3.8, 4) is 11.4 Å². The molecule has 6 nitrogen and oxygen atoms in total. The maximum Gasteiger partial charge on any atom is 0.259 e. The molecule has 7 heteroatoms. The Labute approximate surface area is 181 Å². The first kappa shape index (κ1) is 20.5. The lowest BCUT2D eigenvalue weighted by Crippen LogP contribution is -2.35. The SMILES string of the molecule is COc1cc(-n2cccc2)c(Cl)cc1C(=O)Nc1cccc(CN2CCOCC2)c1. The van der Waals surface area contributed by atoms with Gasteiger partial charge in [-0.2, -0.15) is 0 Å². The number of anilines is 1. The van der Waals surface area contributed by atoms with Crippen LogP contribution in [0.25, 0.3) is 5.69 Å². The molecule has 1 N–H and O–H groups in total. The molecule has 0 spiro atoms. The molecule has 1 aromatic heterocycles. The number of hydrogen-bond acceptors (Lipinski definition) is 4. The van der Waals surface area contributed by atoms with E-state index >= 15 is 0 Å². The van der Waals surface area contributed by atoms with Gasteiger partial charge in [0.1, 0.15) is 5.75 Å². The van der Waals surface area contributed by atoms with Gasteiger partial charge in [-0.25, -0.2) is 0 Å². The van der Waals surface area contributed by atoms with Crippen LogP contribution in [0.1, 0.15) is 15.9 Å². The van der Waals surface area contributed by atoms with Crippen LogP contribution in [0.5, 0.6) is 5.75 Å². The summed E-state index contributed by atoms with van der Waals surface area (Å²) < 4.78 is 12.8. The first-order chi connectivity index (χ1) is 14.6. The Bertz CT molecular complexity index is 1010. The monoisotopic (exact) mass is 425 g/mol. The van der Waals surface area contributed by atoms with Crippen LogP contribution in [0.15, 0.2) is 60.9 Å². The Morgan fingerprint density at radius 3 is 2.63 bits per heavy atom. The van der Waals surface area contributed by atoms with E-state index in [1.54, 1.807) is 19.2 Å². The maximum atomic E-state index is 13.0. The number of amides is 1. The van der Waals surface area contributed by atoms with Crippen LogP contribution in [0.4, 0.5) is 5.69 Å². The van der Waals surface area contributed by atoms with Crippen LogP contribution in [0.2, 0.25) is 5.02 Å². The number of aromatic nitrogens is 1. The van der Waals surface area contributed by atoms with Gasteiger partial charge < -0.3 is 19.4 Å². The van der Waals surface area contributed by atoms with Gasteiger partial charge in [0.15, 0.2) is 0 Å². The van der Waals surface area contributed by atoms with Crippen molar-refractivity contribution in [1.82, 2.24) is 9.47 Å². The third-order valence-corrected chi connectivity index (χ3v) is 5.39. The van der Waals surface area contributed by atoms with Crippen molar-refractivity contribution in [3.05, 3.63) is 77.1 Å². The molecular weight excluding hydrogens is 402 g/mol. The number of morpholine rings is 1. The number of carbonyl (C=O) groups excluding carboxylic acids is 1. The van der Waals surface area contributed by atoms with E-state index in [0.717, 1.165) is 49.8 Å². The quantitative estimate of drug-likeness (QED) is 0.642. The molecule has 0 bridgehead atoms. The Morgan fingerprint density at radius 1 is 1.13 bits per heavy atom. The second-order valence-electron chi connectivity index (χ2n) is 7.14. The predicted octanol–water partition coefficient (Wildman–Crippen LogP) is 4.22. The number of nitrogens with one attached hydrogen (secondary N) is 1. The van der Waals surface area contributed by atoms with E-state index in [-0.39, 0.29) is 5.91 Å². The number of rotatable bonds is 6. The van der Waals surface area contributed by atoms with Crippen LogP contribution in [-0.2, 0) is 11.3 Å². The van der Waals surface area contributed by atoms with Gasteiger partial charge in [0, 0.05) is 43.8 Å². The minimum absolute atomic E-state index is 0.267. The minimum Gasteiger partial charge on any atom is -0.496 e. The number of halogens is 1. The molecule has 2 heterocycles. The molecular formula is C23H24ClN3O3. The van der Waals surface area contributed by atoms with E-state index in [1.807, 2.05) is 47.3 Å². The topological polar surface area (TPSA) is 55.7 Å². The normalized spacial score (nSPS) is 14.5. The summed E-state index contributed by atoms with van der Waals surface area (Å²) in [6.07, 6.45) is 3.78. The second-order valence-corrected chi connectivity index (χ2v) is 7.54. The Hall–Kier alpha value is -2.80. The van der Waals surface area contributed by atoms with Crippen LogP contribution in [-0.4, -0.2) is 48.8 Å². The van der Waals surface area contributed by atoms with Crippen LogP contribution < -0.4 is 10.1 Å². The molecule has 156 valence electrons. The summed E-state index contributed by atoms with van der Waals surface area (Å²) >= 11 is 6.46. The summed E-state index contributed by atoms with van der Waals surface area (Å²) in [7, 11) is 1.54. The molecule has 2 aromatic carbocycles. The van der Waals surface area contributed by atoms with Gasteiger partial charge in [0.2, 0.25) is 0 Å². The zero-order valence-electron chi connectivity index (χ0n) is 16.8. The van der Waals surface area contributed by atoms with Crippen molar-refractivity contribution in [2.24, 2.45) is 0 Å². The van der Waals surface area contributed by atoms with E-state index in [1.165, 1.54) is 0 Å². The number of benzene rings is 2. The fourth-order valence-corrected chi connectivity index (χ4v) is 3.81. The molecule has 1 amide bonds. The van der Waals surface area contributed by atoms with Gasteiger partial charge in [-0.1, -0.05) is 23.7 Å². The van der Waals surface area contributed by atoms with E-state index < -0.39 is 0 Å². The average molecular weight is 426 g/mol. The Morgan fingerprint density at radius 2 is 1.90 bits per heavy atom. The lowest BCUT2D eigenvalue weighted by Gasteiger charge is -2.26. The molecule has 1 aliphatic rings. The summed E-state index contributed by atoms with van der Waals surface area (Å²) in [5, 5.41) is 3.44. The lowest BCUT2D eigenvalue weighted by atomic mass is 10.1. The van der Waals surface area contributed by atoms with Gasteiger partial charge in [-0.3, -0.25) is 9.69 Å². The Balaban J connectivity index is 1.52. The highest BCUT2D eigenvalue weighted by Crippen LogP contribution is 2.30. The van der Waals surface area contributed by atoms with Crippen molar-refractivity contribution in [1.29, 1.82) is 0 Å². The molecule has 0 aliphatic carbocycles. The largest absolute Gasteiger partial charge is 0.496 e. The smallest absolute Gasteiger partial charge is 0.259 e. The highest BCUT2D eigenvalue weighted by atomic mass is 35.5. The number of nitrogens with zero attached hydrogens (tertiary/aromatic N) is 2. The van der Waals surface area contributed by atoms with Crippen molar-refractivity contribution >= 4 is 23.2 Å². The van der Waals surface area contributed by atoms with E-state index in [4.69, 9.17) is 21.1 Å². The molecule has 3 aromatic rings. The molecule has 0 atom stereocenters. The van der Waals surface area contributed by atoms with Gasteiger partial charge >= 0.3 is 0 Å². The molecule has 30 heavy (non-hydrogen) atoms.